The zero-order chi connectivity index (χ0) is 13.1. The minimum Gasteiger partial charge on any atom is -0.469 e. The topological polar surface area (TPSA) is 43.4 Å². The van der Waals surface area contributed by atoms with Crippen molar-refractivity contribution in [3.8, 4) is 0 Å². The summed E-state index contributed by atoms with van der Waals surface area (Å²) in [5, 5.41) is 0. The second kappa shape index (κ2) is 5.57. The number of rotatable bonds is 3. The van der Waals surface area contributed by atoms with Crippen molar-refractivity contribution < 1.29 is 14.3 Å². The van der Waals surface area contributed by atoms with Crippen molar-refractivity contribution in [3.63, 3.8) is 0 Å². The lowest BCUT2D eigenvalue weighted by atomic mass is 9.81. The van der Waals surface area contributed by atoms with E-state index < -0.39 is 0 Å². The van der Waals surface area contributed by atoms with Gasteiger partial charge < -0.3 is 4.74 Å². The standard InChI is InChI=1S/C14H16O3S/c1-17-14(16)7-9-5-10-3-4-11(18-2)8-12(10)13(15)6-9/h3-4,8-9H,5-7H2,1-2H3. The molecule has 0 aromatic heterocycles. The highest BCUT2D eigenvalue weighted by atomic mass is 32.2. The molecule has 3 nitrogen and oxygen atoms in total. The van der Waals surface area contributed by atoms with Crippen LogP contribution >= 0.6 is 11.8 Å². The summed E-state index contributed by atoms with van der Waals surface area (Å²) in [5.41, 5.74) is 1.88. The first-order valence-electron chi connectivity index (χ1n) is 5.91. The van der Waals surface area contributed by atoms with E-state index >= 15 is 0 Å². The smallest absolute Gasteiger partial charge is 0.305 e. The molecule has 0 bridgehead atoms. The van der Waals surface area contributed by atoms with E-state index in [1.807, 2.05) is 24.5 Å². The summed E-state index contributed by atoms with van der Waals surface area (Å²) in [5.74, 6) is -0.0179. The highest BCUT2D eigenvalue weighted by Crippen LogP contribution is 2.30. The second-order valence-electron chi connectivity index (χ2n) is 4.50. The molecule has 0 radical (unpaired) electrons. The molecule has 96 valence electrons. The van der Waals surface area contributed by atoms with Gasteiger partial charge in [0.05, 0.1) is 7.11 Å². The Bertz CT molecular complexity index is 482. The van der Waals surface area contributed by atoms with Gasteiger partial charge in [0.25, 0.3) is 0 Å². The molecule has 0 heterocycles. The van der Waals surface area contributed by atoms with Crippen molar-refractivity contribution in [1.29, 1.82) is 0 Å². The first-order valence-corrected chi connectivity index (χ1v) is 7.13. The Hall–Kier alpha value is -1.29. The van der Waals surface area contributed by atoms with Crippen LogP contribution in [0.2, 0.25) is 0 Å². The van der Waals surface area contributed by atoms with Gasteiger partial charge in [0.2, 0.25) is 0 Å². The number of carbonyl (C=O) groups excluding carboxylic acids is 2. The van der Waals surface area contributed by atoms with E-state index in [0.717, 1.165) is 22.4 Å². The van der Waals surface area contributed by atoms with Crippen molar-refractivity contribution in [2.45, 2.75) is 24.2 Å². The number of esters is 1. The lowest BCUT2D eigenvalue weighted by molar-refractivity contribution is -0.141. The molecule has 1 atom stereocenters. The summed E-state index contributed by atoms with van der Waals surface area (Å²) in [6.07, 6.45) is 3.55. The predicted molar refractivity (Wildman–Crippen MR) is 71.0 cm³/mol. The van der Waals surface area contributed by atoms with E-state index in [2.05, 4.69) is 4.74 Å². The van der Waals surface area contributed by atoms with Crippen molar-refractivity contribution in [2.24, 2.45) is 5.92 Å². The number of ether oxygens (including phenoxy) is 1. The van der Waals surface area contributed by atoms with Crippen LogP contribution in [-0.2, 0) is 16.0 Å². The zero-order valence-electron chi connectivity index (χ0n) is 10.6. The van der Waals surface area contributed by atoms with Crippen molar-refractivity contribution >= 4 is 23.5 Å². The van der Waals surface area contributed by atoms with Crippen LogP contribution in [0.15, 0.2) is 23.1 Å². The quantitative estimate of drug-likeness (QED) is 0.622. The van der Waals surface area contributed by atoms with Crippen LogP contribution in [0.25, 0.3) is 0 Å². The Balaban J connectivity index is 2.19. The summed E-state index contributed by atoms with van der Waals surface area (Å²) >= 11 is 1.63. The van der Waals surface area contributed by atoms with Gasteiger partial charge in [0.1, 0.15) is 0 Å². The normalized spacial score (nSPS) is 18.3. The summed E-state index contributed by atoms with van der Waals surface area (Å²) in [6, 6.07) is 5.98. The molecule has 0 amide bonds. The van der Waals surface area contributed by atoms with Crippen molar-refractivity contribution in [3.05, 3.63) is 29.3 Å². The predicted octanol–water partition coefficient (Wildman–Crippen LogP) is 2.72. The van der Waals surface area contributed by atoms with E-state index in [-0.39, 0.29) is 17.7 Å². The molecule has 1 unspecified atom stereocenters. The van der Waals surface area contributed by atoms with Crippen LogP contribution in [0.5, 0.6) is 0 Å². The van der Waals surface area contributed by atoms with Crippen LogP contribution in [-0.4, -0.2) is 25.1 Å². The van der Waals surface area contributed by atoms with Crippen molar-refractivity contribution in [2.75, 3.05) is 13.4 Å². The highest BCUT2D eigenvalue weighted by molar-refractivity contribution is 7.98. The number of methoxy groups -OCH3 is 1. The fourth-order valence-corrected chi connectivity index (χ4v) is 2.78. The number of hydrogen-bond donors (Lipinski definition) is 0. The van der Waals surface area contributed by atoms with Gasteiger partial charge in [0.15, 0.2) is 5.78 Å². The van der Waals surface area contributed by atoms with Gasteiger partial charge >= 0.3 is 5.97 Å². The van der Waals surface area contributed by atoms with Gasteiger partial charge in [-0.25, -0.2) is 0 Å². The summed E-state index contributed by atoms with van der Waals surface area (Å²) < 4.78 is 4.66. The van der Waals surface area contributed by atoms with Gasteiger partial charge in [-0.3, -0.25) is 9.59 Å². The van der Waals surface area contributed by atoms with Crippen molar-refractivity contribution in [1.82, 2.24) is 0 Å². The minimum atomic E-state index is -0.239. The number of thioether (sulfide) groups is 1. The van der Waals surface area contributed by atoms with Crippen LogP contribution in [0, 0.1) is 5.92 Å². The van der Waals surface area contributed by atoms with E-state index in [1.165, 1.54) is 7.11 Å². The van der Waals surface area contributed by atoms with Crippen LogP contribution in [0.4, 0.5) is 0 Å². The molecule has 0 spiro atoms. The van der Waals surface area contributed by atoms with E-state index in [0.29, 0.717) is 12.8 Å². The first kappa shape index (κ1) is 13.1. The fourth-order valence-electron chi connectivity index (χ4n) is 2.34. The van der Waals surface area contributed by atoms with E-state index in [1.54, 1.807) is 11.8 Å². The first-order chi connectivity index (χ1) is 8.63. The number of benzene rings is 1. The van der Waals surface area contributed by atoms with Crippen LogP contribution in [0.3, 0.4) is 0 Å². The molecule has 18 heavy (non-hydrogen) atoms. The summed E-state index contributed by atoms with van der Waals surface area (Å²) in [7, 11) is 1.38. The molecule has 0 aliphatic heterocycles. The molecule has 1 aliphatic carbocycles. The Morgan fingerprint density at radius 2 is 2.22 bits per heavy atom. The van der Waals surface area contributed by atoms with Crippen LogP contribution in [0.1, 0.15) is 28.8 Å². The molecule has 0 N–H and O–H groups in total. The maximum Gasteiger partial charge on any atom is 0.305 e. The molecule has 1 aliphatic rings. The number of Topliss-reactive ketones (excluding diaryl/α,β-unsaturated/α-hetero) is 1. The molecule has 4 heteroatoms. The third kappa shape index (κ3) is 2.75. The average molecular weight is 264 g/mol. The Labute approximate surface area is 111 Å². The third-order valence-corrected chi connectivity index (χ3v) is 4.01. The SMILES string of the molecule is COC(=O)CC1CC(=O)c2cc(SC)ccc2C1. The highest BCUT2D eigenvalue weighted by Gasteiger charge is 2.27. The largest absolute Gasteiger partial charge is 0.469 e. The maximum atomic E-state index is 12.1. The van der Waals surface area contributed by atoms with E-state index in [4.69, 9.17) is 0 Å². The molecule has 0 saturated heterocycles. The van der Waals surface area contributed by atoms with Gasteiger partial charge in [-0.15, -0.1) is 11.8 Å². The van der Waals surface area contributed by atoms with Gasteiger partial charge in [0, 0.05) is 23.3 Å². The monoisotopic (exact) mass is 264 g/mol. The minimum absolute atomic E-state index is 0.0811. The Kier molecular flexibility index (Phi) is 4.07. The van der Waals surface area contributed by atoms with Crippen LogP contribution < -0.4 is 0 Å². The number of fused-ring (bicyclic) bond motifs is 1. The molecule has 2 rings (SSSR count). The molecule has 0 saturated carbocycles. The molecule has 1 aromatic carbocycles. The van der Waals surface area contributed by atoms with E-state index in [9.17, 15) is 9.59 Å². The number of hydrogen-bond acceptors (Lipinski definition) is 4. The molecule has 0 fully saturated rings. The fraction of sp³-hybridized carbons (Fsp3) is 0.429. The number of carbonyl (C=O) groups is 2. The second-order valence-corrected chi connectivity index (χ2v) is 5.38. The van der Waals surface area contributed by atoms with Gasteiger partial charge in [-0.2, -0.15) is 0 Å². The average Bonchev–Trinajstić information content (AvgIpc) is 2.38. The zero-order valence-corrected chi connectivity index (χ0v) is 11.4. The lowest BCUT2D eigenvalue weighted by Gasteiger charge is -2.23. The Morgan fingerprint density at radius 3 is 2.89 bits per heavy atom. The van der Waals surface area contributed by atoms with Gasteiger partial charge in [-0.05, 0) is 36.3 Å². The molecular weight excluding hydrogens is 248 g/mol. The molecular formula is C14H16O3S. The summed E-state index contributed by atoms with van der Waals surface area (Å²) in [4.78, 5) is 24.4. The number of ketones is 1. The molecule has 1 aromatic rings. The maximum absolute atomic E-state index is 12.1. The lowest BCUT2D eigenvalue weighted by Crippen LogP contribution is -2.22. The Morgan fingerprint density at radius 1 is 1.44 bits per heavy atom. The van der Waals surface area contributed by atoms with Gasteiger partial charge in [-0.1, -0.05) is 6.07 Å². The third-order valence-electron chi connectivity index (χ3n) is 3.28. The summed E-state index contributed by atoms with van der Waals surface area (Å²) in [6.45, 7) is 0.